The van der Waals surface area contributed by atoms with Gasteiger partial charge in [-0.2, -0.15) is 0 Å². The molecule has 0 bridgehead atoms. The molecule has 2 fully saturated rings. The van der Waals surface area contributed by atoms with Gasteiger partial charge in [0.1, 0.15) is 5.65 Å². The van der Waals surface area contributed by atoms with Crippen LogP contribution in [0.2, 0.25) is 0 Å². The molecule has 0 unspecified atom stereocenters. The van der Waals surface area contributed by atoms with Crippen LogP contribution < -0.4 is 5.56 Å². The minimum absolute atomic E-state index is 0.0184. The molecule has 2 aromatic rings. The smallest absolute Gasteiger partial charge is 0.258 e. The maximum atomic E-state index is 12.4. The summed E-state index contributed by atoms with van der Waals surface area (Å²) in [5.41, 5.74) is 1.48. The molecule has 2 aromatic heterocycles. The van der Waals surface area contributed by atoms with E-state index in [0.717, 1.165) is 44.7 Å². The Hall–Kier alpha value is -2.25. The van der Waals surface area contributed by atoms with E-state index >= 15 is 0 Å². The number of piperazine rings is 1. The maximum Gasteiger partial charge on any atom is 0.258 e. The van der Waals surface area contributed by atoms with E-state index in [2.05, 4.69) is 21.8 Å². The van der Waals surface area contributed by atoms with Gasteiger partial charge < -0.3 is 4.90 Å². The zero-order valence-electron chi connectivity index (χ0n) is 16.1. The number of hydrogen-bond acceptors (Lipinski definition) is 5. The molecular formula is C20H27N5O2. The van der Waals surface area contributed by atoms with Crippen molar-refractivity contribution in [2.24, 2.45) is 0 Å². The van der Waals surface area contributed by atoms with Crippen molar-refractivity contribution in [3.63, 3.8) is 0 Å². The van der Waals surface area contributed by atoms with Crippen molar-refractivity contribution < 1.29 is 4.79 Å². The highest BCUT2D eigenvalue weighted by molar-refractivity contribution is 5.76. The topological polar surface area (TPSA) is 61.2 Å². The van der Waals surface area contributed by atoms with Crippen molar-refractivity contribution in [1.82, 2.24) is 24.1 Å². The SMILES string of the molecule is CN1CC[C@]2(CCC1=O)CN(Cc1cc(=O)n3ccccc3n1)CCN2C. The second-order valence-corrected chi connectivity index (χ2v) is 7.94. The van der Waals surface area contributed by atoms with Gasteiger partial charge in [0.15, 0.2) is 0 Å². The van der Waals surface area contributed by atoms with Crippen molar-refractivity contribution in [1.29, 1.82) is 0 Å². The van der Waals surface area contributed by atoms with Gasteiger partial charge in [-0.05, 0) is 32.0 Å². The molecule has 2 saturated heterocycles. The lowest BCUT2D eigenvalue weighted by Gasteiger charge is -2.49. The van der Waals surface area contributed by atoms with Gasteiger partial charge in [0.05, 0.1) is 5.69 Å². The molecule has 2 aliphatic heterocycles. The fraction of sp³-hybridized carbons (Fsp3) is 0.550. The van der Waals surface area contributed by atoms with Gasteiger partial charge in [-0.1, -0.05) is 6.07 Å². The first-order chi connectivity index (χ1) is 13.0. The number of carbonyl (C=O) groups is 1. The number of nitrogens with zero attached hydrogens (tertiary/aromatic N) is 5. The molecule has 27 heavy (non-hydrogen) atoms. The molecule has 1 amide bonds. The average molecular weight is 369 g/mol. The summed E-state index contributed by atoms with van der Waals surface area (Å²) in [6.45, 7) is 4.27. The molecule has 0 aromatic carbocycles. The van der Waals surface area contributed by atoms with Crippen LogP contribution in [0.25, 0.3) is 5.65 Å². The number of fused-ring (bicyclic) bond motifs is 1. The Balaban J connectivity index is 1.55. The highest BCUT2D eigenvalue weighted by Gasteiger charge is 2.41. The molecule has 7 heteroatoms. The van der Waals surface area contributed by atoms with Gasteiger partial charge in [-0.15, -0.1) is 0 Å². The van der Waals surface area contributed by atoms with E-state index in [1.807, 2.05) is 30.1 Å². The van der Waals surface area contributed by atoms with Crippen LogP contribution >= 0.6 is 0 Å². The Bertz CT molecular complexity index is 911. The van der Waals surface area contributed by atoms with Crippen LogP contribution in [-0.2, 0) is 11.3 Å². The van der Waals surface area contributed by atoms with Crippen LogP contribution in [0.1, 0.15) is 25.0 Å². The fourth-order valence-corrected chi connectivity index (χ4v) is 4.39. The third-order valence-electron chi connectivity index (χ3n) is 6.23. The molecule has 4 heterocycles. The number of pyridine rings is 1. The van der Waals surface area contributed by atoms with Crippen LogP contribution in [-0.4, -0.2) is 75.8 Å². The van der Waals surface area contributed by atoms with Gasteiger partial charge >= 0.3 is 0 Å². The summed E-state index contributed by atoms with van der Waals surface area (Å²) in [5, 5.41) is 0. The number of hydrogen-bond donors (Lipinski definition) is 0. The van der Waals surface area contributed by atoms with Crippen LogP contribution in [0, 0.1) is 0 Å². The highest BCUT2D eigenvalue weighted by atomic mass is 16.2. The zero-order chi connectivity index (χ0) is 19.0. The van der Waals surface area contributed by atoms with Crippen LogP contribution in [0.5, 0.6) is 0 Å². The Morgan fingerprint density at radius 3 is 2.81 bits per heavy atom. The van der Waals surface area contributed by atoms with E-state index < -0.39 is 0 Å². The molecule has 0 N–H and O–H groups in total. The predicted octanol–water partition coefficient (Wildman–Crippen LogP) is 0.823. The van der Waals surface area contributed by atoms with E-state index in [4.69, 9.17) is 0 Å². The first-order valence-corrected chi connectivity index (χ1v) is 9.62. The molecular weight excluding hydrogens is 342 g/mol. The third kappa shape index (κ3) is 3.49. The van der Waals surface area contributed by atoms with Gasteiger partial charge in [0.2, 0.25) is 5.91 Å². The summed E-state index contributed by atoms with van der Waals surface area (Å²) < 4.78 is 1.57. The van der Waals surface area contributed by atoms with Crippen molar-refractivity contribution in [2.45, 2.75) is 31.3 Å². The minimum Gasteiger partial charge on any atom is -0.346 e. The van der Waals surface area contributed by atoms with Crippen LogP contribution in [0.15, 0.2) is 35.3 Å². The Morgan fingerprint density at radius 1 is 1.11 bits per heavy atom. The number of rotatable bonds is 2. The van der Waals surface area contributed by atoms with E-state index in [9.17, 15) is 9.59 Å². The lowest BCUT2D eigenvalue weighted by atomic mass is 9.86. The van der Waals surface area contributed by atoms with Crippen molar-refractivity contribution in [3.8, 4) is 0 Å². The average Bonchev–Trinajstić information content (AvgIpc) is 2.80. The van der Waals surface area contributed by atoms with Crippen LogP contribution in [0.4, 0.5) is 0 Å². The molecule has 7 nitrogen and oxygen atoms in total. The van der Waals surface area contributed by atoms with E-state index in [1.165, 1.54) is 0 Å². The first kappa shape index (κ1) is 18.1. The Labute approximate surface area is 159 Å². The molecule has 1 atom stereocenters. The summed E-state index contributed by atoms with van der Waals surface area (Å²) in [5.74, 6) is 0.238. The normalized spacial score (nSPS) is 25.3. The Morgan fingerprint density at radius 2 is 1.96 bits per heavy atom. The van der Waals surface area contributed by atoms with E-state index in [1.54, 1.807) is 16.7 Å². The second-order valence-electron chi connectivity index (χ2n) is 7.94. The molecule has 0 saturated carbocycles. The van der Waals surface area contributed by atoms with Gasteiger partial charge in [0, 0.05) is 64.0 Å². The monoisotopic (exact) mass is 369 g/mol. The number of amides is 1. The second kappa shape index (κ2) is 7.05. The first-order valence-electron chi connectivity index (χ1n) is 9.62. The standard InChI is InChI=1S/C20H27N5O2/c1-22-10-8-20(7-6-18(22)26)15-24(12-11-23(20)2)14-16-13-19(27)25-9-4-3-5-17(25)21-16/h3-5,9,13H,6-8,10-12,14-15H2,1-2H3/t20-/m1/s1. The summed E-state index contributed by atoms with van der Waals surface area (Å²) >= 11 is 0. The third-order valence-corrected chi connectivity index (χ3v) is 6.23. The number of carbonyl (C=O) groups excluding carboxylic acids is 1. The summed E-state index contributed by atoms with van der Waals surface area (Å²) in [4.78, 5) is 35.8. The van der Waals surface area contributed by atoms with Crippen molar-refractivity contribution >= 4 is 11.6 Å². The van der Waals surface area contributed by atoms with Gasteiger partial charge in [-0.25, -0.2) is 4.98 Å². The number of aromatic nitrogens is 2. The molecule has 2 aliphatic rings. The molecule has 0 aliphatic carbocycles. The summed E-state index contributed by atoms with van der Waals surface area (Å²) in [6.07, 6.45) is 4.22. The van der Waals surface area contributed by atoms with E-state index in [-0.39, 0.29) is 17.0 Å². The molecule has 0 radical (unpaired) electrons. The molecule has 4 rings (SSSR count). The largest absolute Gasteiger partial charge is 0.346 e. The Kier molecular flexibility index (Phi) is 4.74. The highest BCUT2D eigenvalue weighted by Crippen LogP contribution is 2.32. The summed E-state index contributed by atoms with van der Waals surface area (Å²) in [7, 11) is 4.07. The number of likely N-dealkylation sites (N-methyl/N-ethyl adjacent to an activating group) is 1. The van der Waals surface area contributed by atoms with Crippen LogP contribution in [0.3, 0.4) is 0 Å². The van der Waals surface area contributed by atoms with Crippen molar-refractivity contribution in [2.75, 3.05) is 40.3 Å². The quantitative estimate of drug-likeness (QED) is 0.785. The molecule has 144 valence electrons. The van der Waals surface area contributed by atoms with Crippen molar-refractivity contribution in [3.05, 3.63) is 46.5 Å². The number of likely N-dealkylation sites (tertiary alicyclic amines) is 1. The maximum absolute atomic E-state index is 12.4. The fourth-order valence-electron chi connectivity index (χ4n) is 4.39. The molecule has 1 spiro atoms. The van der Waals surface area contributed by atoms with E-state index in [0.29, 0.717) is 18.6 Å². The lowest BCUT2D eigenvalue weighted by molar-refractivity contribution is -0.129. The van der Waals surface area contributed by atoms with Gasteiger partial charge in [0.25, 0.3) is 5.56 Å². The summed E-state index contributed by atoms with van der Waals surface area (Å²) in [6, 6.07) is 7.24. The van der Waals surface area contributed by atoms with Gasteiger partial charge in [-0.3, -0.25) is 23.8 Å². The minimum atomic E-state index is -0.0406. The lowest BCUT2D eigenvalue weighted by Crippen LogP contribution is -2.60. The predicted molar refractivity (Wildman–Crippen MR) is 104 cm³/mol. The zero-order valence-corrected chi connectivity index (χ0v) is 16.1.